The van der Waals surface area contributed by atoms with Crippen molar-refractivity contribution in [1.82, 2.24) is 0 Å². The SMILES string of the molecule is O=C(O)c1ccc(N(Cc2ccccc2)Cc2ccccc2)s1. The lowest BCUT2D eigenvalue weighted by molar-refractivity contribution is 0.0702. The Balaban J connectivity index is 1.87. The second kappa shape index (κ2) is 7.11. The summed E-state index contributed by atoms with van der Waals surface area (Å²) in [6, 6.07) is 24.0. The van der Waals surface area contributed by atoms with Crippen LogP contribution in [-0.4, -0.2) is 11.1 Å². The first-order valence-electron chi connectivity index (χ1n) is 7.38. The number of carboxylic acids is 1. The highest BCUT2D eigenvalue weighted by molar-refractivity contribution is 7.17. The number of nitrogens with zero attached hydrogens (tertiary/aromatic N) is 1. The van der Waals surface area contributed by atoms with Crippen LogP contribution in [0.2, 0.25) is 0 Å². The van der Waals surface area contributed by atoms with Gasteiger partial charge in [-0.2, -0.15) is 0 Å². The number of aromatic carboxylic acids is 1. The molecule has 0 aliphatic heterocycles. The Bertz CT molecular complexity index is 727. The van der Waals surface area contributed by atoms with Gasteiger partial charge in [0.25, 0.3) is 0 Å². The molecule has 0 saturated carbocycles. The maximum Gasteiger partial charge on any atom is 0.345 e. The van der Waals surface area contributed by atoms with Crippen LogP contribution >= 0.6 is 11.3 Å². The van der Waals surface area contributed by atoms with E-state index in [2.05, 4.69) is 29.2 Å². The summed E-state index contributed by atoms with van der Waals surface area (Å²) in [5.41, 5.74) is 2.41. The second-order valence-corrected chi connectivity index (χ2v) is 6.33. The van der Waals surface area contributed by atoms with Crippen LogP contribution < -0.4 is 4.90 Å². The highest BCUT2D eigenvalue weighted by Crippen LogP contribution is 2.29. The molecule has 3 rings (SSSR count). The predicted octanol–water partition coefficient (Wildman–Crippen LogP) is 4.65. The highest BCUT2D eigenvalue weighted by atomic mass is 32.1. The average molecular weight is 323 g/mol. The summed E-state index contributed by atoms with van der Waals surface area (Å²) in [5.74, 6) is -0.874. The van der Waals surface area contributed by atoms with E-state index in [1.54, 1.807) is 6.07 Å². The summed E-state index contributed by atoms with van der Waals surface area (Å²) >= 11 is 1.31. The Labute approximate surface area is 139 Å². The van der Waals surface area contributed by atoms with Crippen LogP contribution in [0.4, 0.5) is 5.00 Å². The first-order valence-corrected chi connectivity index (χ1v) is 8.20. The standard InChI is InChI=1S/C19H17NO2S/c21-19(22)17-11-12-18(23-17)20(13-15-7-3-1-4-8-15)14-16-9-5-2-6-10-16/h1-12H,13-14H2,(H,21,22). The largest absolute Gasteiger partial charge is 0.477 e. The lowest BCUT2D eigenvalue weighted by atomic mass is 10.2. The molecule has 0 aliphatic rings. The van der Waals surface area contributed by atoms with E-state index >= 15 is 0 Å². The fourth-order valence-electron chi connectivity index (χ4n) is 2.43. The third-order valence-corrected chi connectivity index (χ3v) is 4.68. The molecule has 0 fully saturated rings. The fourth-order valence-corrected chi connectivity index (χ4v) is 3.27. The molecule has 23 heavy (non-hydrogen) atoms. The Morgan fingerprint density at radius 3 is 1.78 bits per heavy atom. The number of thiophene rings is 1. The van der Waals surface area contributed by atoms with E-state index in [1.165, 1.54) is 22.5 Å². The fraction of sp³-hybridized carbons (Fsp3) is 0.105. The van der Waals surface area contributed by atoms with Crippen molar-refractivity contribution < 1.29 is 9.90 Å². The van der Waals surface area contributed by atoms with Crippen LogP contribution in [0, 0.1) is 0 Å². The third-order valence-electron chi connectivity index (χ3n) is 3.55. The number of anilines is 1. The number of carbonyl (C=O) groups is 1. The monoisotopic (exact) mass is 323 g/mol. The summed E-state index contributed by atoms with van der Waals surface area (Å²) in [7, 11) is 0. The average Bonchev–Trinajstić information content (AvgIpc) is 3.06. The lowest BCUT2D eigenvalue weighted by Crippen LogP contribution is -2.21. The lowest BCUT2D eigenvalue weighted by Gasteiger charge is -2.23. The molecule has 0 radical (unpaired) electrons. The Morgan fingerprint density at radius 2 is 1.35 bits per heavy atom. The predicted molar refractivity (Wildman–Crippen MR) is 94.0 cm³/mol. The van der Waals surface area contributed by atoms with Gasteiger partial charge < -0.3 is 10.0 Å². The molecular formula is C19H17NO2S. The number of rotatable bonds is 6. The minimum atomic E-state index is -0.874. The molecule has 1 heterocycles. The van der Waals surface area contributed by atoms with Gasteiger partial charge in [0, 0.05) is 13.1 Å². The van der Waals surface area contributed by atoms with Gasteiger partial charge in [-0.1, -0.05) is 60.7 Å². The summed E-state index contributed by atoms with van der Waals surface area (Å²) in [6.45, 7) is 1.49. The number of benzene rings is 2. The Kier molecular flexibility index (Phi) is 4.74. The molecule has 4 heteroatoms. The van der Waals surface area contributed by atoms with Crippen molar-refractivity contribution in [2.75, 3.05) is 4.90 Å². The van der Waals surface area contributed by atoms with E-state index in [9.17, 15) is 4.79 Å². The van der Waals surface area contributed by atoms with Gasteiger partial charge in [0.2, 0.25) is 0 Å². The van der Waals surface area contributed by atoms with Crippen LogP contribution in [0.3, 0.4) is 0 Å². The zero-order valence-electron chi connectivity index (χ0n) is 12.6. The molecule has 0 aliphatic carbocycles. The maximum atomic E-state index is 11.1. The topological polar surface area (TPSA) is 40.5 Å². The summed E-state index contributed by atoms with van der Waals surface area (Å²) < 4.78 is 0. The van der Waals surface area contributed by atoms with Crippen molar-refractivity contribution in [3.8, 4) is 0 Å². The quantitative estimate of drug-likeness (QED) is 0.717. The van der Waals surface area contributed by atoms with Crippen LogP contribution in [0.5, 0.6) is 0 Å². The van der Waals surface area contributed by atoms with Crippen LogP contribution in [0.25, 0.3) is 0 Å². The van der Waals surface area contributed by atoms with Gasteiger partial charge in [-0.05, 0) is 23.3 Å². The van der Waals surface area contributed by atoms with Gasteiger partial charge in [0.1, 0.15) is 4.88 Å². The van der Waals surface area contributed by atoms with E-state index in [4.69, 9.17) is 5.11 Å². The van der Waals surface area contributed by atoms with Crippen molar-refractivity contribution in [3.63, 3.8) is 0 Å². The first kappa shape index (κ1) is 15.3. The van der Waals surface area contributed by atoms with Crippen LogP contribution in [0.1, 0.15) is 20.8 Å². The van der Waals surface area contributed by atoms with E-state index in [0.29, 0.717) is 4.88 Å². The molecule has 0 bridgehead atoms. The van der Waals surface area contributed by atoms with Crippen molar-refractivity contribution in [2.24, 2.45) is 0 Å². The van der Waals surface area contributed by atoms with E-state index in [-0.39, 0.29) is 0 Å². The normalized spacial score (nSPS) is 10.4. The first-order chi connectivity index (χ1) is 11.2. The van der Waals surface area contributed by atoms with E-state index in [1.807, 2.05) is 42.5 Å². The Hall–Kier alpha value is -2.59. The molecule has 0 spiro atoms. The van der Waals surface area contributed by atoms with Crippen molar-refractivity contribution >= 4 is 22.3 Å². The molecular weight excluding hydrogens is 306 g/mol. The molecule has 1 N–H and O–H groups in total. The van der Waals surface area contributed by atoms with Crippen molar-refractivity contribution in [1.29, 1.82) is 0 Å². The van der Waals surface area contributed by atoms with Gasteiger partial charge in [0.05, 0.1) is 5.00 Å². The summed E-state index contributed by atoms with van der Waals surface area (Å²) in [6.07, 6.45) is 0. The van der Waals surface area contributed by atoms with Crippen molar-refractivity contribution in [3.05, 3.63) is 88.8 Å². The third kappa shape index (κ3) is 3.99. The zero-order chi connectivity index (χ0) is 16.1. The van der Waals surface area contributed by atoms with Gasteiger partial charge >= 0.3 is 5.97 Å². The molecule has 2 aromatic carbocycles. The molecule has 3 aromatic rings. The molecule has 0 saturated heterocycles. The van der Waals surface area contributed by atoms with Gasteiger partial charge in [-0.3, -0.25) is 0 Å². The molecule has 0 atom stereocenters. The highest BCUT2D eigenvalue weighted by Gasteiger charge is 2.14. The minimum Gasteiger partial charge on any atom is -0.477 e. The smallest absolute Gasteiger partial charge is 0.345 e. The van der Waals surface area contributed by atoms with Gasteiger partial charge in [-0.15, -0.1) is 11.3 Å². The second-order valence-electron chi connectivity index (χ2n) is 5.27. The van der Waals surface area contributed by atoms with Gasteiger partial charge in [-0.25, -0.2) is 4.79 Å². The van der Waals surface area contributed by atoms with Gasteiger partial charge in [0.15, 0.2) is 0 Å². The Morgan fingerprint density at radius 1 is 0.826 bits per heavy atom. The molecule has 116 valence electrons. The molecule has 3 nitrogen and oxygen atoms in total. The summed E-state index contributed by atoms with van der Waals surface area (Å²) in [4.78, 5) is 13.7. The maximum absolute atomic E-state index is 11.1. The van der Waals surface area contributed by atoms with E-state index in [0.717, 1.165) is 18.1 Å². The molecule has 0 amide bonds. The van der Waals surface area contributed by atoms with E-state index < -0.39 is 5.97 Å². The van der Waals surface area contributed by atoms with Crippen LogP contribution in [-0.2, 0) is 13.1 Å². The number of carboxylic acid groups (broad SMARTS) is 1. The minimum absolute atomic E-state index is 0.367. The van der Waals surface area contributed by atoms with Crippen LogP contribution in [0.15, 0.2) is 72.8 Å². The van der Waals surface area contributed by atoms with Crippen molar-refractivity contribution in [2.45, 2.75) is 13.1 Å². The number of hydrogen-bond acceptors (Lipinski definition) is 3. The molecule has 1 aromatic heterocycles. The number of hydrogen-bond donors (Lipinski definition) is 1. The summed E-state index contributed by atoms with van der Waals surface area (Å²) in [5, 5.41) is 10.1. The zero-order valence-corrected chi connectivity index (χ0v) is 13.4. The molecule has 0 unspecified atom stereocenters.